The van der Waals surface area contributed by atoms with Gasteiger partial charge in [0.15, 0.2) is 5.58 Å². The van der Waals surface area contributed by atoms with E-state index < -0.39 is 0 Å². The molecule has 1 fully saturated rings. The fourth-order valence-electron chi connectivity index (χ4n) is 3.97. The molecule has 0 radical (unpaired) electrons. The summed E-state index contributed by atoms with van der Waals surface area (Å²) in [6.45, 7) is 7.41. The van der Waals surface area contributed by atoms with Crippen LogP contribution in [-0.4, -0.2) is 55.4 Å². The van der Waals surface area contributed by atoms with Gasteiger partial charge in [0.2, 0.25) is 0 Å². The van der Waals surface area contributed by atoms with Crippen molar-refractivity contribution in [1.29, 1.82) is 0 Å². The molecular formula is C23H30N4O3. The van der Waals surface area contributed by atoms with E-state index in [4.69, 9.17) is 9.15 Å². The van der Waals surface area contributed by atoms with Gasteiger partial charge >= 0.3 is 5.76 Å². The summed E-state index contributed by atoms with van der Waals surface area (Å²) in [5, 5.41) is 3.40. The third-order valence-electron chi connectivity index (χ3n) is 5.38. The molecule has 4 rings (SSSR count). The molecule has 2 unspecified atom stereocenters. The number of fused-ring (bicyclic) bond motifs is 1. The van der Waals surface area contributed by atoms with Crippen LogP contribution in [0.1, 0.15) is 13.8 Å². The molecule has 1 aromatic heterocycles. The highest BCUT2D eigenvalue weighted by Gasteiger charge is 2.22. The Bertz CT molecular complexity index is 1040. The van der Waals surface area contributed by atoms with Crippen LogP contribution in [0.2, 0.25) is 0 Å². The Hall–Kier alpha value is -2.77. The maximum Gasteiger partial charge on any atom is 0.419 e. The zero-order chi connectivity index (χ0) is 21.3. The number of morpholine rings is 1. The summed E-state index contributed by atoms with van der Waals surface area (Å²) < 4.78 is 13.0. The summed E-state index contributed by atoms with van der Waals surface area (Å²) in [6, 6.07) is 14.2. The standard InChI is InChI=1S/C23H30N4O3/c1-16-14-26(15-17(2)29-16)20-8-5-18(6-9-20)24-19-7-10-21-22(13-19)30-23(28)27(21)12-11-25(3)4/h5-10,13,16-17,24H,11-12,14-15H2,1-4H3. The van der Waals surface area contributed by atoms with E-state index in [2.05, 4.69) is 48.3 Å². The zero-order valence-corrected chi connectivity index (χ0v) is 18.1. The molecule has 2 aromatic carbocycles. The predicted molar refractivity (Wildman–Crippen MR) is 121 cm³/mol. The van der Waals surface area contributed by atoms with Crippen LogP contribution < -0.4 is 16.0 Å². The van der Waals surface area contributed by atoms with Gasteiger partial charge in [-0.2, -0.15) is 0 Å². The van der Waals surface area contributed by atoms with E-state index in [9.17, 15) is 4.79 Å². The van der Waals surface area contributed by atoms with E-state index in [0.717, 1.165) is 36.5 Å². The van der Waals surface area contributed by atoms with Crippen molar-refractivity contribution in [3.8, 4) is 0 Å². The van der Waals surface area contributed by atoms with E-state index in [1.54, 1.807) is 4.57 Å². The first-order valence-electron chi connectivity index (χ1n) is 10.4. The molecule has 30 heavy (non-hydrogen) atoms. The van der Waals surface area contributed by atoms with Crippen LogP contribution in [0.25, 0.3) is 11.1 Å². The number of anilines is 3. The number of ether oxygens (including phenoxy) is 1. The van der Waals surface area contributed by atoms with E-state index in [1.807, 2.05) is 37.2 Å². The molecule has 1 aliphatic rings. The summed E-state index contributed by atoms with van der Waals surface area (Å²) in [6.07, 6.45) is 0.468. The van der Waals surface area contributed by atoms with Gasteiger partial charge in [-0.3, -0.25) is 4.57 Å². The van der Waals surface area contributed by atoms with Gasteiger partial charge in [0.1, 0.15) is 0 Å². The molecule has 0 amide bonds. The van der Waals surface area contributed by atoms with Gasteiger partial charge in [-0.1, -0.05) is 0 Å². The van der Waals surface area contributed by atoms with Crippen LogP contribution in [0, 0.1) is 0 Å². The molecule has 2 heterocycles. The molecule has 160 valence electrons. The molecule has 0 saturated carbocycles. The predicted octanol–water partition coefficient (Wildman–Crippen LogP) is 3.51. The van der Waals surface area contributed by atoms with E-state index >= 15 is 0 Å². The Morgan fingerprint density at radius 2 is 1.70 bits per heavy atom. The zero-order valence-electron chi connectivity index (χ0n) is 18.1. The Labute approximate surface area is 176 Å². The fourth-order valence-corrected chi connectivity index (χ4v) is 3.97. The summed E-state index contributed by atoms with van der Waals surface area (Å²) in [5.41, 5.74) is 4.48. The lowest BCUT2D eigenvalue weighted by molar-refractivity contribution is -0.00521. The van der Waals surface area contributed by atoms with Gasteiger partial charge in [0, 0.05) is 49.3 Å². The summed E-state index contributed by atoms with van der Waals surface area (Å²) in [5.74, 6) is -0.317. The number of nitrogens with zero attached hydrogens (tertiary/aromatic N) is 3. The molecule has 0 spiro atoms. The quantitative estimate of drug-likeness (QED) is 0.671. The van der Waals surface area contributed by atoms with Crippen molar-refractivity contribution >= 4 is 28.2 Å². The number of rotatable bonds is 6. The lowest BCUT2D eigenvalue weighted by Gasteiger charge is -2.36. The minimum absolute atomic E-state index is 0.234. The highest BCUT2D eigenvalue weighted by molar-refractivity contribution is 5.79. The lowest BCUT2D eigenvalue weighted by Crippen LogP contribution is -2.45. The van der Waals surface area contributed by atoms with E-state index in [0.29, 0.717) is 12.1 Å². The molecule has 1 saturated heterocycles. The fraction of sp³-hybridized carbons (Fsp3) is 0.435. The summed E-state index contributed by atoms with van der Waals surface area (Å²) in [4.78, 5) is 16.6. The maximum atomic E-state index is 12.2. The van der Waals surface area contributed by atoms with Gasteiger partial charge in [-0.25, -0.2) is 4.79 Å². The molecule has 0 aliphatic carbocycles. The Balaban J connectivity index is 1.48. The first-order valence-corrected chi connectivity index (χ1v) is 10.4. The van der Waals surface area contributed by atoms with Crippen molar-refractivity contribution in [3.05, 3.63) is 53.0 Å². The van der Waals surface area contributed by atoms with Gasteiger partial charge in [-0.15, -0.1) is 0 Å². The number of hydrogen-bond donors (Lipinski definition) is 1. The monoisotopic (exact) mass is 410 g/mol. The molecule has 0 bridgehead atoms. The third-order valence-corrected chi connectivity index (χ3v) is 5.38. The third kappa shape index (κ3) is 4.52. The number of oxazole rings is 1. The van der Waals surface area contributed by atoms with Gasteiger partial charge in [-0.05, 0) is 64.3 Å². The maximum absolute atomic E-state index is 12.2. The Morgan fingerprint density at radius 1 is 1.03 bits per heavy atom. The number of benzene rings is 2. The van der Waals surface area contributed by atoms with Crippen molar-refractivity contribution in [2.45, 2.75) is 32.6 Å². The number of likely N-dealkylation sites (N-methyl/N-ethyl adjacent to an activating group) is 1. The molecule has 1 N–H and O–H groups in total. The lowest BCUT2D eigenvalue weighted by atomic mass is 10.2. The van der Waals surface area contributed by atoms with E-state index in [1.165, 1.54) is 5.69 Å². The van der Waals surface area contributed by atoms with Crippen LogP contribution in [0.3, 0.4) is 0 Å². The molecule has 1 aliphatic heterocycles. The van der Waals surface area contributed by atoms with Crippen molar-refractivity contribution in [2.24, 2.45) is 0 Å². The average Bonchev–Trinajstić information content (AvgIpc) is 3.00. The normalized spacial score (nSPS) is 19.6. The second kappa shape index (κ2) is 8.53. The molecule has 7 nitrogen and oxygen atoms in total. The topological polar surface area (TPSA) is 62.9 Å². The van der Waals surface area contributed by atoms with Gasteiger partial charge < -0.3 is 24.3 Å². The van der Waals surface area contributed by atoms with Crippen molar-refractivity contribution in [2.75, 3.05) is 43.9 Å². The largest absolute Gasteiger partial charge is 0.419 e. The van der Waals surface area contributed by atoms with Crippen molar-refractivity contribution in [3.63, 3.8) is 0 Å². The molecule has 2 atom stereocenters. The Kier molecular flexibility index (Phi) is 5.83. The van der Waals surface area contributed by atoms with E-state index in [-0.39, 0.29) is 18.0 Å². The van der Waals surface area contributed by atoms with Crippen LogP contribution in [0.5, 0.6) is 0 Å². The minimum Gasteiger partial charge on any atom is -0.408 e. The van der Waals surface area contributed by atoms with Crippen molar-refractivity contribution in [1.82, 2.24) is 9.47 Å². The average molecular weight is 411 g/mol. The van der Waals surface area contributed by atoms with Crippen LogP contribution in [-0.2, 0) is 11.3 Å². The van der Waals surface area contributed by atoms with Crippen LogP contribution in [0.15, 0.2) is 51.7 Å². The first kappa shape index (κ1) is 20.5. The second-order valence-corrected chi connectivity index (χ2v) is 8.34. The van der Waals surface area contributed by atoms with Crippen LogP contribution in [0.4, 0.5) is 17.1 Å². The van der Waals surface area contributed by atoms with Gasteiger partial charge in [0.25, 0.3) is 0 Å². The molecular weight excluding hydrogens is 380 g/mol. The number of hydrogen-bond acceptors (Lipinski definition) is 6. The minimum atomic E-state index is -0.317. The summed E-state index contributed by atoms with van der Waals surface area (Å²) >= 11 is 0. The number of nitrogens with one attached hydrogen (secondary N) is 1. The molecule has 3 aromatic rings. The molecule has 7 heteroatoms. The summed E-state index contributed by atoms with van der Waals surface area (Å²) in [7, 11) is 3.97. The van der Waals surface area contributed by atoms with Crippen molar-refractivity contribution < 1.29 is 9.15 Å². The second-order valence-electron chi connectivity index (χ2n) is 8.34. The SMILES string of the molecule is CC1CN(c2ccc(Nc3ccc4c(c3)oc(=O)n4CCN(C)C)cc2)CC(C)O1. The van der Waals surface area contributed by atoms with Crippen LogP contribution >= 0.6 is 0 Å². The first-order chi connectivity index (χ1) is 14.4. The van der Waals surface area contributed by atoms with Gasteiger partial charge in [0.05, 0.1) is 17.7 Å². The smallest absolute Gasteiger partial charge is 0.408 e. The number of aromatic nitrogens is 1. The Morgan fingerprint density at radius 3 is 2.37 bits per heavy atom. The highest BCUT2D eigenvalue weighted by Crippen LogP contribution is 2.25. The highest BCUT2D eigenvalue weighted by atomic mass is 16.5.